The molecule has 0 aliphatic carbocycles. The summed E-state index contributed by atoms with van der Waals surface area (Å²) in [6, 6.07) is 10.1. The molecule has 0 saturated carbocycles. The molecule has 3 rings (SSSR count). The van der Waals surface area contributed by atoms with Crippen LogP contribution in [0.1, 0.15) is 26.3 Å². The van der Waals surface area contributed by atoms with E-state index in [4.69, 9.17) is 4.74 Å². The van der Waals surface area contributed by atoms with E-state index in [1.165, 1.54) is 0 Å². The van der Waals surface area contributed by atoms with E-state index >= 15 is 0 Å². The Hall–Kier alpha value is -1.96. The number of nitrogens with zero attached hydrogens (tertiary/aromatic N) is 4. The van der Waals surface area contributed by atoms with Crippen molar-refractivity contribution in [1.82, 2.24) is 19.6 Å². The highest BCUT2D eigenvalue weighted by Crippen LogP contribution is 2.18. The Morgan fingerprint density at radius 1 is 0.900 bits per heavy atom. The van der Waals surface area contributed by atoms with Gasteiger partial charge in [0.2, 0.25) is 11.8 Å². The summed E-state index contributed by atoms with van der Waals surface area (Å²) in [5, 5.41) is 0. The van der Waals surface area contributed by atoms with Crippen LogP contribution in [0.5, 0.6) is 0 Å². The fourth-order valence-electron chi connectivity index (χ4n) is 3.95. The molecule has 0 aromatic heterocycles. The summed E-state index contributed by atoms with van der Waals surface area (Å²) in [5.74, 6) is 0.322. The molecule has 7 heteroatoms. The molecule has 1 aromatic carbocycles. The summed E-state index contributed by atoms with van der Waals surface area (Å²) in [6.07, 6.45) is 0. The normalized spacial score (nSPS) is 19.0. The zero-order valence-electron chi connectivity index (χ0n) is 18.7. The van der Waals surface area contributed by atoms with Gasteiger partial charge in [0.05, 0.1) is 26.3 Å². The molecule has 30 heavy (non-hydrogen) atoms. The van der Waals surface area contributed by atoms with Crippen molar-refractivity contribution in [1.29, 1.82) is 0 Å². The highest BCUT2D eigenvalue weighted by atomic mass is 16.5. The summed E-state index contributed by atoms with van der Waals surface area (Å²) < 4.78 is 5.35. The van der Waals surface area contributed by atoms with Crippen molar-refractivity contribution >= 4 is 11.8 Å². The Bertz CT molecular complexity index is 690. The van der Waals surface area contributed by atoms with Gasteiger partial charge >= 0.3 is 0 Å². The van der Waals surface area contributed by atoms with E-state index in [0.29, 0.717) is 45.9 Å². The maximum Gasteiger partial charge on any atom is 0.237 e. The molecule has 2 aliphatic heterocycles. The second-order valence-corrected chi connectivity index (χ2v) is 9.18. The first-order valence-corrected chi connectivity index (χ1v) is 11.0. The lowest BCUT2D eigenvalue weighted by Gasteiger charge is -2.39. The molecule has 166 valence electrons. The van der Waals surface area contributed by atoms with E-state index in [9.17, 15) is 9.59 Å². The van der Waals surface area contributed by atoms with Crippen LogP contribution >= 0.6 is 0 Å². The molecular weight excluding hydrogens is 380 g/mol. The van der Waals surface area contributed by atoms with E-state index in [2.05, 4.69) is 42.7 Å². The average Bonchev–Trinajstić information content (AvgIpc) is 2.73. The average molecular weight is 417 g/mol. The molecule has 0 N–H and O–H groups in total. The molecule has 0 bridgehead atoms. The molecule has 2 amide bonds. The van der Waals surface area contributed by atoms with E-state index in [1.54, 1.807) is 0 Å². The third kappa shape index (κ3) is 6.52. The summed E-state index contributed by atoms with van der Waals surface area (Å²) >= 11 is 0. The Balaban J connectivity index is 1.48. The van der Waals surface area contributed by atoms with E-state index < -0.39 is 0 Å². The first kappa shape index (κ1) is 22.7. The first-order valence-electron chi connectivity index (χ1n) is 11.0. The van der Waals surface area contributed by atoms with Crippen LogP contribution in [0.3, 0.4) is 0 Å². The molecule has 0 atom stereocenters. The number of carbonyl (C=O) groups is 2. The second kappa shape index (κ2) is 10.4. The molecule has 0 unspecified atom stereocenters. The van der Waals surface area contributed by atoms with Gasteiger partial charge in [-0.3, -0.25) is 19.4 Å². The van der Waals surface area contributed by atoms with Crippen molar-refractivity contribution in [2.45, 2.75) is 32.9 Å². The number of morpholine rings is 1. The van der Waals surface area contributed by atoms with E-state index in [1.807, 2.05) is 28.0 Å². The molecule has 2 heterocycles. The monoisotopic (exact) mass is 416 g/mol. The third-order valence-electron chi connectivity index (χ3n) is 5.84. The van der Waals surface area contributed by atoms with Crippen LogP contribution in [-0.2, 0) is 20.9 Å². The predicted octanol–water partition coefficient (Wildman–Crippen LogP) is 1.29. The first-order chi connectivity index (χ1) is 14.3. The van der Waals surface area contributed by atoms with Gasteiger partial charge in [-0.15, -0.1) is 0 Å². The van der Waals surface area contributed by atoms with Gasteiger partial charge in [0.15, 0.2) is 0 Å². The lowest BCUT2D eigenvalue weighted by molar-refractivity contribution is -0.139. The maximum absolute atomic E-state index is 13.1. The topological polar surface area (TPSA) is 56.3 Å². The number of hydrogen-bond donors (Lipinski definition) is 0. The lowest BCUT2D eigenvalue weighted by Crippen LogP contribution is -2.55. The minimum Gasteiger partial charge on any atom is -0.379 e. The van der Waals surface area contributed by atoms with Crippen LogP contribution in [0.4, 0.5) is 0 Å². The van der Waals surface area contributed by atoms with Crippen molar-refractivity contribution in [3.8, 4) is 0 Å². The third-order valence-corrected chi connectivity index (χ3v) is 5.84. The number of piperazine rings is 1. The zero-order chi connectivity index (χ0) is 21.6. The molecule has 0 spiro atoms. The minimum atomic E-state index is -0.247. The number of rotatable bonds is 6. The Morgan fingerprint density at radius 3 is 2.10 bits per heavy atom. The Morgan fingerprint density at radius 2 is 1.50 bits per heavy atom. The quantitative estimate of drug-likeness (QED) is 0.700. The molecule has 2 aliphatic rings. The molecule has 0 radical (unpaired) electrons. The van der Waals surface area contributed by atoms with Crippen LogP contribution in [0.25, 0.3) is 0 Å². The summed E-state index contributed by atoms with van der Waals surface area (Å²) in [7, 11) is 0. The van der Waals surface area contributed by atoms with Crippen LogP contribution < -0.4 is 0 Å². The molecule has 1 aromatic rings. The van der Waals surface area contributed by atoms with Gasteiger partial charge < -0.3 is 14.5 Å². The van der Waals surface area contributed by atoms with Crippen LogP contribution in [0, 0.1) is 0 Å². The van der Waals surface area contributed by atoms with Gasteiger partial charge in [-0.25, -0.2) is 0 Å². The zero-order valence-corrected chi connectivity index (χ0v) is 18.7. The van der Waals surface area contributed by atoms with Crippen molar-refractivity contribution in [2.24, 2.45) is 0 Å². The SMILES string of the molecule is CC(C)(C)N(Cc1ccccc1)C(=O)CN1CCN(C(=O)CN2CCOCC2)CC1. The fourth-order valence-corrected chi connectivity index (χ4v) is 3.95. The highest BCUT2D eigenvalue weighted by molar-refractivity contribution is 5.79. The standard InChI is InChI=1S/C23H36N4O3/c1-23(2,3)27(17-20-7-5-4-6-8-20)22(29)19-24-9-11-26(12-10-24)21(28)18-25-13-15-30-16-14-25/h4-8H,9-19H2,1-3H3. The number of amides is 2. The van der Waals surface area contributed by atoms with Crippen molar-refractivity contribution < 1.29 is 14.3 Å². The highest BCUT2D eigenvalue weighted by Gasteiger charge is 2.30. The fraction of sp³-hybridized carbons (Fsp3) is 0.652. The number of carbonyl (C=O) groups excluding carboxylic acids is 2. The Kier molecular flexibility index (Phi) is 7.86. The van der Waals surface area contributed by atoms with E-state index in [-0.39, 0.29) is 17.4 Å². The van der Waals surface area contributed by atoms with Crippen LogP contribution in [-0.4, -0.2) is 103 Å². The summed E-state index contributed by atoms with van der Waals surface area (Å²) in [6.45, 7) is 13.6. The molecule has 2 saturated heterocycles. The molecule has 7 nitrogen and oxygen atoms in total. The van der Waals surface area contributed by atoms with Crippen LogP contribution in [0.2, 0.25) is 0 Å². The minimum absolute atomic E-state index is 0.138. The molecule has 2 fully saturated rings. The number of hydrogen-bond acceptors (Lipinski definition) is 5. The van der Waals surface area contributed by atoms with Gasteiger partial charge in [-0.1, -0.05) is 30.3 Å². The van der Waals surface area contributed by atoms with Gasteiger partial charge in [0, 0.05) is 51.4 Å². The predicted molar refractivity (Wildman–Crippen MR) is 117 cm³/mol. The number of ether oxygens (including phenoxy) is 1. The summed E-state index contributed by atoms with van der Waals surface area (Å²) in [5.41, 5.74) is 0.891. The van der Waals surface area contributed by atoms with Gasteiger partial charge in [-0.05, 0) is 26.3 Å². The van der Waals surface area contributed by atoms with Crippen molar-refractivity contribution in [3.63, 3.8) is 0 Å². The van der Waals surface area contributed by atoms with Gasteiger partial charge in [-0.2, -0.15) is 0 Å². The van der Waals surface area contributed by atoms with Crippen molar-refractivity contribution in [2.75, 3.05) is 65.6 Å². The maximum atomic E-state index is 13.1. The Labute approximate surface area is 180 Å². The van der Waals surface area contributed by atoms with E-state index in [0.717, 1.165) is 31.7 Å². The molecular formula is C23H36N4O3. The van der Waals surface area contributed by atoms with Gasteiger partial charge in [0.1, 0.15) is 0 Å². The lowest BCUT2D eigenvalue weighted by atomic mass is 10.0. The van der Waals surface area contributed by atoms with Gasteiger partial charge in [0.25, 0.3) is 0 Å². The summed E-state index contributed by atoms with van der Waals surface area (Å²) in [4.78, 5) is 33.9. The second-order valence-electron chi connectivity index (χ2n) is 9.18. The number of benzene rings is 1. The largest absolute Gasteiger partial charge is 0.379 e. The van der Waals surface area contributed by atoms with Crippen LogP contribution in [0.15, 0.2) is 30.3 Å². The smallest absolute Gasteiger partial charge is 0.237 e. The van der Waals surface area contributed by atoms with Crippen molar-refractivity contribution in [3.05, 3.63) is 35.9 Å².